The molecule has 188 valence electrons. The van der Waals surface area contributed by atoms with Crippen LogP contribution in [0.25, 0.3) is 22.1 Å². The van der Waals surface area contributed by atoms with Crippen LogP contribution in [0.2, 0.25) is 10.6 Å². The molecule has 4 heterocycles. The van der Waals surface area contributed by atoms with E-state index in [1.165, 1.54) is 25.7 Å². The van der Waals surface area contributed by atoms with Crippen molar-refractivity contribution in [3.8, 4) is 0 Å². The molecule has 2 aliphatic carbocycles. The lowest BCUT2D eigenvalue weighted by molar-refractivity contribution is -0.121. The van der Waals surface area contributed by atoms with Crippen LogP contribution in [0.5, 0.6) is 0 Å². The molecule has 2 unspecified atom stereocenters. The van der Waals surface area contributed by atoms with Gasteiger partial charge in [0, 0.05) is 59.5 Å². The minimum atomic E-state index is -0.326. The Labute approximate surface area is 220 Å². The van der Waals surface area contributed by atoms with Gasteiger partial charge in [-0.2, -0.15) is 9.97 Å². The topological polar surface area (TPSA) is 78.5 Å². The Morgan fingerprint density at radius 3 is 1.56 bits per heavy atom. The molecular formula is C27H30Cl2N6O. The van der Waals surface area contributed by atoms with Gasteiger partial charge in [0.05, 0.1) is 0 Å². The summed E-state index contributed by atoms with van der Waals surface area (Å²) in [7, 11) is 0. The SMILES string of the molecule is CC(C(=O)C(C)c1cn(C2CCCC2)c2nc(Cl)ncc12)c1cn(C2CCCC2)c2nc(Cl)ncc12. The van der Waals surface area contributed by atoms with Crippen molar-refractivity contribution in [3.63, 3.8) is 0 Å². The number of aromatic nitrogens is 6. The molecule has 2 aliphatic rings. The van der Waals surface area contributed by atoms with Gasteiger partial charge in [-0.15, -0.1) is 0 Å². The number of fused-ring (bicyclic) bond motifs is 2. The van der Waals surface area contributed by atoms with Crippen LogP contribution in [0.1, 0.15) is 100 Å². The maximum absolute atomic E-state index is 14.0. The van der Waals surface area contributed by atoms with E-state index in [1.54, 1.807) is 12.4 Å². The van der Waals surface area contributed by atoms with Crippen molar-refractivity contribution in [1.82, 2.24) is 29.1 Å². The Bertz CT molecular complexity index is 1340. The number of Topliss-reactive ketones (excluding diaryl/α,β-unsaturated/α-hetero) is 1. The summed E-state index contributed by atoms with van der Waals surface area (Å²) in [6.45, 7) is 3.98. The van der Waals surface area contributed by atoms with Crippen LogP contribution in [0.4, 0.5) is 0 Å². The average molecular weight is 525 g/mol. The number of carbonyl (C=O) groups excluding carboxylic acids is 1. The van der Waals surface area contributed by atoms with E-state index in [2.05, 4.69) is 41.5 Å². The van der Waals surface area contributed by atoms with E-state index in [-0.39, 0.29) is 28.2 Å². The molecule has 4 aromatic rings. The van der Waals surface area contributed by atoms with Gasteiger partial charge in [-0.25, -0.2) is 9.97 Å². The van der Waals surface area contributed by atoms with Crippen LogP contribution in [0, 0.1) is 0 Å². The molecule has 0 aliphatic heterocycles. The number of hydrogen-bond donors (Lipinski definition) is 0. The summed E-state index contributed by atoms with van der Waals surface area (Å²) in [5.74, 6) is -0.503. The predicted octanol–water partition coefficient (Wildman–Crippen LogP) is 7.19. The van der Waals surface area contributed by atoms with Crippen molar-refractivity contribution < 1.29 is 4.79 Å². The minimum Gasteiger partial charge on any atom is -0.329 e. The summed E-state index contributed by atoms with van der Waals surface area (Å²) < 4.78 is 4.45. The standard InChI is InChI=1S/C27H30Cl2N6O/c1-15(21-13-34(17-7-3-4-8-17)24-19(21)11-30-26(28)32-24)23(36)16(2)22-14-35(18-9-5-6-10-18)25-20(22)12-31-27(29)33-25/h11-18H,3-10H2,1-2H3. The number of hydrogen-bond acceptors (Lipinski definition) is 5. The third-order valence-electron chi connectivity index (χ3n) is 8.37. The fourth-order valence-electron chi connectivity index (χ4n) is 6.36. The van der Waals surface area contributed by atoms with Crippen LogP contribution in [-0.2, 0) is 4.79 Å². The van der Waals surface area contributed by atoms with Crippen molar-refractivity contribution >= 4 is 51.1 Å². The molecule has 0 N–H and O–H groups in total. The molecule has 0 bridgehead atoms. The summed E-state index contributed by atoms with van der Waals surface area (Å²) in [4.78, 5) is 31.6. The Kier molecular flexibility index (Phi) is 6.24. The zero-order valence-electron chi connectivity index (χ0n) is 20.6. The monoisotopic (exact) mass is 524 g/mol. The van der Waals surface area contributed by atoms with E-state index in [0.717, 1.165) is 58.9 Å². The zero-order chi connectivity index (χ0) is 25.0. The molecule has 0 amide bonds. The quantitative estimate of drug-likeness (QED) is 0.249. The van der Waals surface area contributed by atoms with Crippen LogP contribution in [-0.4, -0.2) is 34.9 Å². The maximum atomic E-state index is 14.0. The van der Waals surface area contributed by atoms with Crippen molar-refractivity contribution in [1.29, 1.82) is 0 Å². The average Bonchev–Trinajstić information content (AvgIpc) is 3.67. The molecule has 0 spiro atoms. The summed E-state index contributed by atoms with van der Waals surface area (Å²) in [5, 5.41) is 2.28. The fraction of sp³-hybridized carbons (Fsp3) is 0.519. The summed E-state index contributed by atoms with van der Waals surface area (Å²) in [6.07, 6.45) is 17.1. The molecule has 0 radical (unpaired) electrons. The summed E-state index contributed by atoms with van der Waals surface area (Å²) in [5.41, 5.74) is 3.57. The van der Waals surface area contributed by atoms with Gasteiger partial charge in [0.2, 0.25) is 10.6 Å². The van der Waals surface area contributed by atoms with E-state index in [9.17, 15) is 4.79 Å². The third-order valence-corrected chi connectivity index (χ3v) is 8.73. The third kappa shape index (κ3) is 4.01. The number of halogens is 2. The largest absolute Gasteiger partial charge is 0.329 e. The van der Waals surface area contributed by atoms with Gasteiger partial charge >= 0.3 is 0 Å². The lowest BCUT2D eigenvalue weighted by Crippen LogP contribution is -2.16. The first-order valence-corrected chi connectivity index (χ1v) is 13.8. The Morgan fingerprint density at radius 2 is 1.17 bits per heavy atom. The molecule has 2 fully saturated rings. The number of nitrogens with zero attached hydrogens (tertiary/aromatic N) is 6. The van der Waals surface area contributed by atoms with Crippen molar-refractivity contribution in [2.75, 3.05) is 0 Å². The fourth-order valence-corrected chi connectivity index (χ4v) is 6.62. The summed E-state index contributed by atoms with van der Waals surface area (Å²) >= 11 is 12.4. The predicted molar refractivity (Wildman–Crippen MR) is 142 cm³/mol. The molecule has 6 rings (SSSR count). The van der Waals surface area contributed by atoms with Gasteiger partial charge in [0.25, 0.3) is 0 Å². The van der Waals surface area contributed by atoms with Crippen LogP contribution < -0.4 is 0 Å². The number of rotatable bonds is 6. The van der Waals surface area contributed by atoms with E-state index in [1.807, 2.05) is 13.8 Å². The Hall–Kier alpha value is -2.51. The normalized spacial score (nSPS) is 19.0. The lowest BCUT2D eigenvalue weighted by Gasteiger charge is -2.16. The van der Waals surface area contributed by atoms with E-state index in [0.29, 0.717) is 12.1 Å². The first-order valence-electron chi connectivity index (χ1n) is 13.0. The molecule has 4 aromatic heterocycles. The highest BCUT2D eigenvalue weighted by atomic mass is 35.5. The zero-order valence-corrected chi connectivity index (χ0v) is 22.1. The van der Waals surface area contributed by atoms with Crippen LogP contribution in [0.3, 0.4) is 0 Å². The second-order valence-electron chi connectivity index (χ2n) is 10.5. The first-order chi connectivity index (χ1) is 17.4. The van der Waals surface area contributed by atoms with E-state index < -0.39 is 0 Å². The second kappa shape index (κ2) is 9.42. The Balaban J connectivity index is 1.39. The molecule has 0 aromatic carbocycles. The molecule has 9 heteroatoms. The van der Waals surface area contributed by atoms with Gasteiger partial charge in [0.15, 0.2) is 0 Å². The highest BCUT2D eigenvalue weighted by Crippen LogP contribution is 2.40. The van der Waals surface area contributed by atoms with E-state index in [4.69, 9.17) is 23.2 Å². The minimum absolute atomic E-state index is 0.149. The van der Waals surface area contributed by atoms with Crippen molar-refractivity contribution in [3.05, 3.63) is 46.5 Å². The van der Waals surface area contributed by atoms with Crippen LogP contribution >= 0.6 is 23.2 Å². The van der Waals surface area contributed by atoms with E-state index >= 15 is 0 Å². The van der Waals surface area contributed by atoms with Crippen molar-refractivity contribution in [2.45, 2.75) is 89.1 Å². The maximum Gasteiger partial charge on any atom is 0.224 e. The van der Waals surface area contributed by atoms with Gasteiger partial charge in [0.1, 0.15) is 17.1 Å². The number of carbonyl (C=O) groups is 1. The molecule has 2 saturated carbocycles. The first kappa shape index (κ1) is 23.9. The summed E-state index contributed by atoms with van der Waals surface area (Å²) in [6, 6.07) is 0.774. The van der Waals surface area contributed by atoms with Gasteiger partial charge in [-0.3, -0.25) is 4.79 Å². The van der Waals surface area contributed by atoms with Gasteiger partial charge < -0.3 is 9.13 Å². The second-order valence-corrected chi connectivity index (χ2v) is 11.1. The number of ketones is 1. The smallest absolute Gasteiger partial charge is 0.224 e. The van der Waals surface area contributed by atoms with Gasteiger partial charge in [-0.1, -0.05) is 39.5 Å². The lowest BCUT2D eigenvalue weighted by atomic mass is 9.86. The highest BCUT2D eigenvalue weighted by molar-refractivity contribution is 6.28. The molecule has 2 atom stereocenters. The van der Waals surface area contributed by atoms with Crippen LogP contribution in [0.15, 0.2) is 24.8 Å². The molecule has 0 saturated heterocycles. The highest BCUT2D eigenvalue weighted by Gasteiger charge is 2.31. The molecular weight excluding hydrogens is 495 g/mol. The molecule has 7 nitrogen and oxygen atoms in total. The molecule has 36 heavy (non-hydrogen) atoms. The van der Waals surface area contributed by atoms with Gasteiger partial charge in [-0.05, 0) is 60.0 Å². The van der Waals surface area contributed by atoms with Crippen molar-refractivity contribution in [2.24, 2.45) is 0 Å². The Morgan fingerprint density at radius 1 is 0.778 bits per heavy atom.